The molecule has 0 aromatic heterocycles. The Morgan fingerprint density at radius 3 is 2.48 bits per heavy atom. The van der Waals surface area contributed by atoms with Crippen LogP contribution in [-0.2, 0) is 4.74 Å². The van der Waals surface area contributed by atoms with Gasteiger partial charge in [-0.3, -0.25) is 0 Å². The van der Waals surface area contributed by atoms with E-state index in [0.29, 0.717) is 18.3 Å². The summed E-state index contributed by atoms with van der Waals surface area (Å²) in [5, 5.41) is 6.44. The van der Waals surface area contributed by atoms with Crippen molar-refractivity contribution in [3.8, 4) is 5.75 Å². The standard InChI is InChI=1S/C17H24N2O4/c1-4-6-10-14(5-2)12-22-16(20)18-19-17(21)23-15-11-8-7-9-13(15)3/h7-9,11,14H,4-6,10,12H2,1-3H3. The van der Waals surface area contributed by atoms with Gasteiger partial charge in [0, 0.05) is 0 Å². The molecule has 0 aliphatic rings. The average molecular weight is 320 g/mol. The van der Waals surface area contributed by atoms with E-state index >= 15 is 0 Å². The highest BCUT2D eigenvalue weighted by Gasteiger charge is 2.11. The van der Waals surface area contributed by atoms with Crippen LogP contribution in [0.25, 0.3) is 0 Å². The molecule has 1 rings (SSSR count). The van der Waals surface area contributed by atoms with E-state index in [1.54, 1.807) is 25.1 Å². The Balaban J connectivity index is 2.39. The van der Waals surface area contributed by atoms with E-state index in [2.05, 4.69) is 24.1 Å². The molecule has 126 valence electrons. The number of rotatable bonds is 7. The van der Waals surface area contributed by atoms with Gasteiger partial charge in [-0.1, -0.05) is 61.5 Å². The van der Waals surface area contributed by atoms with Crippen LogP contribution in [-0.4, -0.2) is 18.8 Å². The van der Waals surface area contributed by atoms with Crippen molar-refractivity contribution in [2.75, 3.05) is 6.61 Å². The van der Waals surface area contributed by atoms with Gasteiger partial charge in [-0.25, -0.2) is 9.59 Å². The second-order valence-corrected chi connectivity index (χ2v) is 5.33. The zero-order valence-corrected chi connectivity index (χ0v) is 13.9. The number of benzene rings is 1. The zero-order chi connectivity index (χ0) is 17.1. The lowest BCUT2D eigenvalue weighted by atomic mass is 10.0. The first-order valence-electron chi connectivity index (χ1n) is 7.92. The number of amides is 2. The fraction of sp³-hybridized carbons (Fsp3) is 0.529. The van der Waals surface area contributed by atoms with E-state index < -0.39 is 12.2 Å². The van der Waals surface area contributed by atoms with Crippen LogP contribution in [0.1, 0.15) is 45.1 Å². The summed E-state index contributed by atoms with van der Waals surface area (Å²) in [6, 6.07) is 7.01. The quantitative estimate of drug-likeness (QED) is 0.639. The van der Waals surface area contributed by atoms with E-state index in [-0.39, 0.29) is 0 Å². The molecule has 1 aromatic carbocycles. The average Bonchev–Trinajstić information content (AvgIpc) is 2.55. The molecule has 6 nitrogen and oxygen atoms in total. The normalized spacial score (nSPS) is 12.1. The molecule has 0 saturated carbocycles. The summed E-state index contributed by atoms with van der Waals surface area (Å²) in [6.07, 6.45) is 2.32. The lowest BCUT2D eigenvalue weighted by Gasteiger charge is -2.12. The zero-order valence-electron chi connectivity index (χ0n) is 13.9. The minimum absolute atomic E-state index is 0.293. The molecular weight excluding hydrogens is 296 g/mol. The molecule has 0 heterocycles. The Hall–Kier alpha value is -2.24. The van der Waals surface area contributed by atoms with Crippen LogP contribution in [0.15, 0.2) is 34.5 Å². The molecule has 23 heavy (non-hydrogen) atoms. The van der Waals surface area contributed by atoms with Crippen LogP contribution in [0.2, 0.25) is 0 Å². The Labute approximate surface area is 136 Å². The molecule has 1 unspecified atom stereocenters. The maximum atomic E-state index is 11.5. The lowest BCUT2D eigenvalue weighted by Crippen LogP contribution is -2.12. The Bertz CT molecular complexity index is 543. The predicted molar refractivity (Wildman–Crippen MR) is 86.7 cm³/mol. The van der Waals surface area contributed by atoms with Gasteiger partial charge in [0.25, 0.3) is 0 Å². The van der Waals surface area contributed by atoms with E-state index in [1.165, 1.54) is 0 Å². The summed E-state index contributed by atoms with van der Waals surface area (Å²) < 4.78 is 10.00. The molecule has 1 atom stereocenters. The third kappa shape index (κ3) is 7.54. The van der Waals surface area contributed by atoms with Crippen LogP contribution >= 0.6 is 0 Å². The second kappa shape index (κ2) is 10.5. The Kier molecular flexibility index (Phi) is 8.57. The van der Waals surface area contributed by atoms with Gasteiger partial charge in [0.05, 0.1) is 6.61 Å². The van der Waals surface area contributed by atoms with Crippen molar-refractivity contribution in [3.63, 3.8) is 0 Å². The molecule has 0 aliphatic carbocycles. The second-order valence-electron chi connectivity index (χ2n) is 5.33. The summed E-state index contributed by atoms with van der Waals surface area (Å²) in [7, 11) is 0. The summed E-state index contributed by atoms with van der Waals surface area (Å²) in [5.74, 6) is 0.698. The summed E-state index contributed by atoms with van der Waals surface area (Å²) in [4.78, 5) is 23.0. The van der Waals surface area contributed by atoms with Crippen LogP contribution in [0.5, 0.6) is 5.75 Å². The van der Waals surface area contributed by atoms with Crippen molar-refractivity contribution in [2.24, 2.45) is 16.1 Å². The van der Waals surface area contributed by atoms with Gasteiger partial charge in [-0.2, -0.15) is 0 Å². The first kappa shape index (κ1) is 18.8. The molecule has 0 saturated heterocycles. The van der Waals surface area contributed by atoms with Crippen molar-refractivity contribution in [3.05, 3.63) is 29.8 Å². The highest BCUT2D eigenvalue weighted by molar-refractivity contribution is 5.75. The topological polar surface area (TPSA) is 77.3 Å². The molecule has 6 heteroatoms. The lowest BCUT2D eigenvalue weighted by molar-refractivity contribution is 0.130. The molecule has 0 N–H and O–H groups in total. The molecular formula is C17H24N2O4. The largest absolute Gasteiger partial charge is 0.458 e. The summed E-state index contributed by atoms with van der Waals surface area (Å²) in [5.41, 5.74) is 0.792. The number of carbonyl (C=O) groups excluding carboxylic acids is 2. The molecule has 0 aliphatic heterocycles. The maximum Gasteiger partial charge on any atom is 0.458 e. The number of hydrogen-bond donors (Lipinski definition) is 0. The predicted octanol–water partition coefficient (Wildman–Crippen LogP) is 5.30. The smallest absolute Gasteiger partial charge is 0.447 e. The van der Waals surface area contributed by atoms with Crippen LogP contribution in [0.3, 0.4) is 0 Å². The van der Waals surface area contributed by atoms with Gasteiger partial charge in [-0.05, 0) is 30.9 Å². The summed E-state index contributed by atoms with van der Waals surface area (Å²) >= 11 is 0. The SMILES string of the molecule is CCCCC(CC)COC(=O)N=NC(=O)Oc1ccccc1C. The van der Waals surface area contributed by atoms with E-state index in [0.717, 1.165) is 31.2 Å². The molecule has 0 spiro atoms. The summed E-state index contributed by atoms with van der Waals surface area (Å²) in [6.45, 7) is 6.26. The van der Waals surface area contributed by atoms with Gasteiger partial charge >= 0.3 is 12.2 Å². The number of azo groups is 1. The first-order chi connectivity index (χ1) is 11.1. The third-order valence-electron chi connectivity index (χ3n) is 3.49. The number of nitrogens with zero attached hydrogens (tertiary/aromatic N) is 2. The highest BCUT2D eigenvalue weighted by Crippen LogP contribution is 2.17. The molecule has 0 bridgehead atoms. The number of unbranched alkanes of at least 4 members (excludes halogenated alkanes) is 1. The molecule has 0 radical (unpaired) electrons. The monoisotopic (exact) mass is 320 g/mol. The molecule has 2 amide bonds. The van der Waals surface area contributed by atoms with Gasteiger partial charge in [-0.15, -0.1) is 0 Å². The number of carbonyl (C=O) groups is 2. The molecule has 1 aromatic rings. The van der Waals surface area contributed by atoms with Crippen molar-refractivity contribution in [1.82, 2.24) is 0 Å². The molecule has 0 fully saturated rings. The van der Waals surface area contributed by atoms with Crippen molar-refractivity contribution in [2.45, 2.75) is 46.5 Å². The fourth-order valence-corrected chi connectivity index (χ4v) is 1.98. The van der Waals surface area contributed by atoms with Crippen LogP contribution < -0.4 is 4.74 Å². The van der Waals surface area contributed by atoms with Gasteiger partial charge < -0.3 is 9.47 Å². The number of hydrogen-bond acceptors (Lipinski definition) is 4. The van der Waals surface area contributed by atoms with Gasteiger partial charge in [0.1, 0.15) is 5.75 Å². The third-order valence-corrected chi connectivity index (χ3v) is 3.49. The first-order valence-corrected chi connectivity index (χ1v) is 7.92. The number of para-hydroxylation sites is 1. The minimum Gasteiger partial charge on any atom is -0.447 e. The van der Waals surface area contributed by atoms with Crippen LogP contribution in [0, 0.1) is 12.8 Å². The van der Waals surface area contributed by atoms with E-state index in [9.17, 15) is 9.59 Å². The van der Waals surface area contributed by atoms with Gasteiger partial charge in [0.15, 0.2) is 0 Å². The van der Waals surface area contributed by atoms with Crippen molar-refractivity contribution in [1.29, 1.82) is 0 Å². The fourth-order valence-electron chi connectivity index (χ4n) is 1.98. The Morgan fingerprint density at radius 1 is 1.13 bits per heavy atom. The van der Waals surface area contributed by atoms with Crippen molar-refractivity contribution < 1.29 is 19.1 Å². The van der Waals surface area contributed by atoms with Crippen LogP contribution in [0.4, 0.5) is 9.59 Å². The maximum absolute atomic E-state index is 11.5. The van der Waals surface area contributed by atoms with E-state index in [1.807, 2.05) is 6.07 Å². The minimum atomic E-state index is -0.950. The van der Waals surface area contributed by atoms with E-state index in [4.69, 9.17) is 9.47 Å². The van der Waals surface area contributed by atoms with Crippen molar-refractivity contribution >= 4 is 12.2 Å². The number of ether oxygens (including phenoxy) is 2. The Morgan fingerprint density at radius 2 is 1.83 bits per heavy atom. The number of aryl methyl sites for hydroxylation is 1. The highest BCUT2D eigenvalue weighted by atomic mass is 16.6. The van der Waals surface area contributed by atoms with Gasteiger partial charge in [0.2, 0.25) is 0 Å².